The van der Waals surface area contributed by atoms with Gasteiger partial charge in [0.15, 0.2) is 0 Å². The second-order valence-corrected chi connectivity index (χ2v) is 9.28. The molecule has 146 valence electrons. The highest BCUT2D eigenvalue weighted by Crippen LogP contribution is 2.32. The Morgan fingerprint density at radius 1 is 1.08 bits per heavy atom. The van der Waals surface area contributed by atoms with Gasteiger partial charge in [0.05, 0.1) is 5.75 Å². The highest BCUT2D eigenvalue weighted by Gasteiger charge is 2.25. The third kappa shape index (κ3) is 6.72. The van der Waals surface area contributed by atoms with Crippen LogP contribution in [0, 0.1) is 11.8 Å². The lowest BCUT2D eigenvalue weighted by atomic mass is 9.79. The Morgan fingerprint density at radius 2 is 1.69 bits per heavy atom. The van der Waals surface area contributed by atoms with Gasteiger partial charge in [-0.1, -0.05) is 50.5 Å². The minimum atomic E-state index is -3.26. The maximum Gasteiger partial charge on any atom is 0.223 e. The van der Waals surface area contributed by atoms with Crippen molar-refractivity contribution < 1.29 is 13.2 Å². The summed E-state index contributed by atoms with van der Waals surface area (Å²) in [7, 11) is -1.84. The summed E-state index contributed by atoms with van der Waals surface area (Å²) in [5, 5.41) is 3.04. The minimum absolute atomic E-state index is 0.0303. The molecule has 0 aromatic heterocycles. The van der Waals surface area contributed by atoms with Crippen LogP contribution in [-0.4, -0.2) is 21.4 Å². The van der Waals surface area contributed by atoms with E-state index in [9.17, 15) is 13.2 Å². The van der Waals surface area contributed by atoms with Crippen molar-refractivity contribution in [2.24, 2.45) is 11.8 Å². The molecule has 0 heterocycles. The van der Waals surface area contributed by atoms with E-state index < -0.39 is 10.0 Å². The van der Waals surface area contributed by atoms with Crippen molar-refractivity contribution in [2.75, 3.05) is 7.05 Å². The Bertz CT molecular complexity index is 663. The zero-order valence-corrected chi connectivity index (χ0v) is 16.8. The number of unbranched alkanes of at least 4 members (excludes halogenated alkanes) is 1. The van der Waals surface area contributed by atoms with Gasteiger partial charge in [-0.05, 0) is 49.8 Å². The van der Waals surface area contributed by atoms with Gasteiger partial charge in [-0.2, -0.15) is 0 Å². The zero-order valence-electron chi connectivity index (χ0n) is 16.0. The number of carbonyl (C=O) groups excluding carboxylic acids is 1. The summed E-state index contributed by atoms with van der Waals surface area (Å²) in [5.41, 5.74) is 1.72. The maximum absolute atomic E-state index is 12.4. The monoisotopic (exact) mass is 380 g/mol. The Balaban J connectivity index is 1.76. The van der Waals surface area contributed by atoms with E-state index in [1.807, 2.05) is 12.1 Å². The van der Waals surface area contributed by atoms with Crippen molar-refractivity contribution in [3.8, 4) is 0 Å². The summed E-state index contributed by atoms with van der Waals surface area (Å²) in [6, 6.07) is 7.36. The second kappa shape index (κ2) is 10.1. The summed E-state index contributed by atoms with van der Waals surface area (Å²) in [6.07, 6.45) is 8.20. The maximum atomic E-state index is 12.4. The molecule has 1 aliphatic rings. The first-order chi connectivity index (χ1) is 12.4. The SMILES string of the molecule is CCCCC1CCC(C(=O)NCc2ccc(CS(=O)(=O)NC)cc2)CC1. The van der Waals surface area contributed by atoms with Gasteiger partial charge in [-0.15, -0.1) is 0 Å². The van der Waals surface area contributed by atoms with Gasteiger partial charge in [0, 0.05) is 12.5 Å². The van der Waals surface area contributed by atoms with Gasteiger partial charge >= 0.3 is 0 Å². The lowest BCUT2D eigenvalue weighted by Gasteiger charge is -2.27. The van der Waals surface area contributed by atoms with Crippen LogP contribution in [0.5, 0.6) is 0 Å². The van der Waals surface area contributed by atoms with Gasteiger partial charge < -0.3 is 5.32 Å². The highest BCUT2D eigenvalue weighted by atomic mass is 32.2. The lowest BCUT2D eigenvalue weighted by Crippen LogP contribution is -2.32. The number of benzene rings is 1. The van der Waals surface area contributed by atoms with E-state index in [0.717, 1.165) is 29.9 Å². The van der Waals surface area contributed by atoms with Crippen LogP contribution in [0.25, 0.3) is 0 Å². The van der Waals surface area contributed by atoms with Gasteiger partial charge in [0.25, 0.3) is 0 Å². The predicted octanol–water partition coefficient (Wildman–Crippen LogP) is 3.35. The van der Waals surface area contributed by atoms with Crippen LogP contribution in [0.1, 0.15) is 63.0 Å². The molecular formula is C20H32N2O3S. The Hall–Kier alpha value is -1.40. The van der Waals surface area contributed by atoms with Crippen LogP contribution in [0.3, 0.4) is 0 Å². The molecule has 1 saturated carbocycles. The fraction of sp³-hybridized carbons (Fsp3) is 0.650. The second-order valence-electron chi connectivity index (χ2n) is 7.36. The van der Waals surface area contributed by atoms with Crippen molar-refractivity contribution in [2.45, 2.75) is 64.2 Å². The molecule has 26 heavy (non-hydrogen) atoms. The number of sulfonamides is 1. The molecule has 0 bridgehead atoms. The third-order valence-electron chi connectivity index (χ3n) is 5.34. The van der Waals surface area contributed by atoms with Gasteiger partial charge in [0.1, 0.15) is 0 Å². The van der Waals surface area contributed by atoms with Crippen LogP contribution < -0.4 is 10.0 Å². The van der Waals surface area contributed by atoms with Crippen molar-refractivity contribution in [1.82, 2.24) is 10.0 Å². The summed E-state index contributed by atoms with van der Waals surface area (Å²) >= 11 is 0. The van der Waals surface area contributed by atoms with E-state index in [-0.39, 0.29) is 17.6 Å². The highest BCUT2D eigenvalue weighted by molar-refractivity contribution is 7.88. The van der Waals surface area contributed by atoms with Crippen LogP contribution in [0.2, 0.25) is 0 Å². The molecule has 5 nitrogen and oxygen atoms in total. The molecule has 0 saturated heterocycles. The van der Waals surface area contributed by atoms with Crippen molar-refractivity contribution >= 4 is 15.9 Å². The van der Waals surface area contributed by atoms with Gasteiger partial charge in [0.2, 0.25) is 15.9 Å². The van der Waals surface area contributed by atoms with Crippen LogP contribution in [-0.2, 0) is 27.1 Å². The molecule has 6 heteroatoms. The number of carbonyl (C=O) groups is 1. The standard InChI is InChI=1S/C20H32N2O3S/c1-3-4-5-16-10-12-19(13-11-16)20(23)22-14-17-6-8-18(9-7-17)15-26(24,25)21-2/h6-9,16,19,21H,3-5,10-15H2,1-2H3,(H,22,23). The molecule has 1 aliphatic carbocycles. The predicted molar refractivity (Wildman–Crippen MR) is 105 cm³/mol. The molecule has 2 N–H and O–H groups in total. The first kappa shape index (κ1) is 20.9. The molecule has 0 radical (unpaired) electrons. The first-order valence-corrected chi connectivity index (χ1v) is 11.4. The fourth-order valence-corrected chi connectivity index (χ4v) is 4.36. The zero-order chi connectivity index (χ0) is 19.0. The molecule has 0 atom stereocenters. The first-order valence-electron chi connectivity index (χ1n) is 9.70. The van der Waals surface area contributed by atoms with Crippen LogP contribution in [0.4, 0.5) is 0 Å². The van der Waals surface area contributed by atoms with E-state index >= 15 is 0 Å². The molecule has 0 aliphatic heterocycles. The molecule has 1 fully saturated rings. The lowest BCUT2D eigenvalue weighted by molar-refractivity contribution is -0.126. The van der Waals surface area contributed by atoms with Gasteiger partial charge in [-0.3, -0.25) is 4.79 Å². The number of hydrogen-bond donors (Lipinski definition) is 2. The largest absolute Gasteiger partial charge is 0.352 e. The Kier molecular flexibility index (Phi) is 8.10. The van der Waals surface area contributed by atoms with E-state index in [1.165, 1.54) is 39.2 Å². The topological polar surface area (TPSA) is 75.3 Å². The normalized spacial score (nSPS) is 20.7. The van der Waals surface area contributed by atoms with Crippen molar-refractivity contribution in [3.05, 3.63) is 35.4 Å². The Morgan fingerprint density at radius 3 is 2.27 bits per heavy atom. The van der Waals surface area contributed by atoms with Crippen molar-refractivity contribution in [3.63, 3.8) is 0 Å². The van der Waals surface area contributed by atoms with E-state index in [1.54, 1.807) is 12.1 Å². The van der Waals surface area contributed by atoms with Crippen molar-refractivity contribution in [1.29, 1.82) is 0 Å². The summed E-state index contributed by atoms with van der Waals surface area (Å²) in [4.78, 5) is 12.4. The van der Waals surface area contributed by atoms with Gasteiger partial charge in [-0.25, -0.2) is 13.1 Å². The average Bonchev–Trinajstić information content (AvgIpc) is 2.65. The molecule has 1 amide bonds. The Labute approximate surface area is 158 Å². The number of amides is 1. The molecule has 2 rings (SSSR count). The van der Waals surface area contributed by atoms with E-state index in [0.29, 0.717) is 6.54 Å². The fourth-order valence-electron chi connectivity index (χ4n) is 3.58. The molecule has 0 unspecified atom stereocenters. The average molecular weight is 381 g/mol. The quantitative estimate of drug-likeness (QED) is 0.690. The minimum Gasteiger partial charge on any atom is -0.352 e. The molecule has 1 aromatic rings. The number of hydrogen-bond acceptors (Lipinski definition) is 3. The number of nitrogens with one attached hydrogen (secondary N) is 2. The molecule has 1 aromatic carbocycles. The molecular weight excluding hydrogens is 348 g/mol. The summed E-state index contributed by atoms with van der Waals surface area (Å²) < 4.78 is 25.4. The number of rotatable bonds is 9. The third-order valence-corrected chi connectivity index (χ3v) is 6.68. The van der Waals surface area contributed by atoms with Crippen LogP contribution >= 0.6 is 0 Å². The van der Waals surface area contributed by atoms with E-state index in [2.05, 4.69) is 17.0 Å². The van der Waals surface area contributed by atoms with Crippen LogP contribution in [0.15, 0.2) is 24.3 Å². The summed E-state index contributed by atoms with van der Waals surface area (Å²) in [6.45, 7) is 2.72. The summed E-state index contributed by atoms with van der Waals surface area (Å²) in [5.74, 6) is 1.08. The molecule has 0 spiro atoms. The van der Waals surface area contributed by atoms with E-state index in [4.69, 9.17) is 0 Å². The smallest absolute Gasteiger partial charge is 0.223 e.